The van der Waals surface area contributed by atoms with Crippen LogP contribution < -0.4 is 5.73 Å². The van der Waals surface area contributed by atoms with E-state index >= 15 is 0 Å². The fraction of sp³-hybridized carbons (Fsp3) is 0.949. The van der Waals surface area contributed by atoms with Crippen molar-refractivity contribution in [3.8, 4) is 0 Å². The Morgan fingerprint density at radius 1 is 0.500 bits per heavy atom. The van der Waals surface area contributed by atoms with Crippen molar-refractivity contribution in [1.29, 1.82) is 0 Å². The molecule has 0 aromatic rings. The van der Waals surface area contributed by atoms with E-state index < -0.39 is 0 Å². The quantitative estimate of drug-likeness (QED) is 0.0318. The number of hydrogen-bond acceptors (Lipinski definition) is 4. The van der Waals surface area contributed by atoms with Crippen LogP contribution in [0, 0.1) is 0 Å². The van der Waals surface area contributed by atoms with Gasteiger partial charge in [-0.1, -0.05) is 181 Å². The number of nitrogens with two attached hydrogens (primary N) is 1. The minimum atomic E-state index is -0.0403. The molecule has 0 unspecified atom stereocenters. The number of hydrogen-bond donors (Lipinski definition) is 1. The summed E-state index contributed by atoms with van der Waals surface area (Å²) in [5.41, 5.74) is 6.11. The van der Waals surface area contributed by atoms with Crippen LogP contribution in [0.25, 0.3) is 0 Å². The first-order valence-corrected chi connectivity index (χ1v) is 20.9. The van der Waals surface area contributed by atoms with E-state index in [2.05, 4.69) is 18.8 Å². The van der Waals surface area contributed by atoms with E-state index in [1.54, 1.807) is 0 Å². The molecule has 0 saturated carbocycles. The molecule has 4 nitrogen and oxygen atoms in total. The van der Waals surface area contributed by atoms with Crippen molar-refractivity contribution < 1.29 is 9.53 Å². The van der Waals surface area contributed by atoms with Gasteiger partial charge in [-0.2, -0.15) is 11.8 Å². The minimum absolute atomic E-state index is 0.0403. The van der Waals surface area contributed by atoms with Gasteiger partial charge in [0.2, 0.25) is 0 Å². The number of esters is 1. The van der Waals surface area contributed by atoms with E-state index in [9.17, 15) is 4.79 Å². The van der Waals surface area contributed by atoms with Crippen molar-refractivity contribution in [3.63, 3.8) is 0 Å². The highest BCUT2D eigenvalue weighted by atomic mass is 32.2. The Balaban J connectivity index is 3.30. The molecule has 0 amide bonds. The van der Waals surface area contributed by atoms with Crippen LogP contribution in [0.4, 0.5) is 0 Å². The largest absolute Gasteiger partial charge is 0.466 e. The highest BCUT2D eigenvalue weighted by Crippen LogP contribution is 2.15. The van der Waals surface area contributed by atoms with Gasteiger partial charge >= 0.3 is 5.97 Å². The molecule has 0 aromatic carbocycles. The lowest BCUT2D eigenvalue weighted by molar-refractivity contribution is -0.143. The number of carbonyl (C=O) groups is 1. The Bertz CT molecular complexity index is 599. The van der Waals surface area contributed by atoms with Gasteiger partial charge in [-0.05, 0) is 25.0 Å². The smallest absolute Gasteiger partial charge is 0.306 e. The van der Waals surface area contributed by atoms with Gasteiger partial charge in [0.05, 0.1) is 18.9 Å². The highest BCUT2D eigenvalue weighted by Gasteiger charge is 2.03. The molecule has 0 heterocycles. The molecule has 2 N–H and O–H groups in total. The van der Waals surface area contributed by atoms with Crippen LogP contribution in [0.5, 0.6) is 0 Å². The number of rotatable bonds is 37. The molecule has 0 radical (unpaired) electrons. The third kappa shape index (κ3) is 37.5. The zero-order chi connectivity index (χ0) is 32.0. The molecule has 0 aliphatic heterocycles. The second kappa shape index (κ2) is 38.5. The summed E-state index contributed by atoms with van der Waals surface area (Å²) in [6, 6.07) is 0. The van der Waals surface area contributed by atoms with Crippen LogP contribution in [0.2, 0.25) is 0 Å². The SMILES string of the molecule is CCCCCCCCCCCCCCCCN=C(N)CCCSCCC(=O)OCCCCCCCCCCCCCCCC. The van der Waals surface area contributed by atoms with Crippen LogP contribution in [-0.4, -0.2) is 36.5 Å². The minimum Gasteiger partial charge on any atom is -0.466 e. The molecule has 0 fully saturated rings. The summed E-state index contributed by atoms with van der Waals surface area (Å²) in [5, 5.41) is 0. The third-order valence-corrected chi connectivity index (χ3v) is 9.83. The fourth-order valence-corrected chi connectivity index (χ4v) is 6.64. The van der Waals surface area contributed by atoms with Gasteiger partial charge in [-0.25, -0.2) is 0 Å². The van der Waals surface area contributed by atoms with Crippen LogP contribution in [0.1, 0.15) is 213 Å². The van der Waals surface area contributed by atoms with Crippen LogP contribution >= 0.6 is 11.8 Å². The van der Waals surface area contributed by atoms with E-state index in [1.165, 1.54) is 167 Å². The normalized spacial score (nSPS) is 11.8. The molecule has 44 heavy (non-hydrogen) atoms. The summed E-state index contributed by atoms with van der Waals surface area (Å²) in [5.74, 6) is 2.63. The number of unbranched alkanes of at least 4 members (excludes halogenated alkanes) is 26. The van der Waals surface area contributed by atoms with E-state index in [0.717, 1.165) is 49.6 Å². The number of aliphatic imine (C=N–C) groups is 1. The van der Waals surface area contributed by atoms with Crippen molar-refractivity contribution in [2.75, 3.05) is 24.7 Å². The van der Waals surface area contributed by atoms with Crippen molar-refractivity contribution in [3.05, 3.63) is 0 Å². The summed E-state index contributed by atoms with van der Waals surface area (Å²) >= 11 is 1.83. The molecule has 5 heteroatoms. The number of carbonyl (C=O) groups excluding carboxylic acids is 1. The lowest BCUT2D eigenvalue weighted by Gasteiger charge is -2.06. The highest BCUT2D eigenvalue weighted by molar-refractivity contribution is 7.99. The first-order chi connectivity index (χ1) is 21.7. The molecular formula is C39H78N2O2S. The van der Waals surface area contributed by atoms with Crippen molar-refractivity contribution in [1.82, 2.24) is 0 Å². The fourth-order valence-electron chi connectivity index (χ4n) is 5.78. The molecule has 0 aromatic heterocycles. The van der Waals surface area contributed by atoms with Gasteiger partial charge in [0.25, 0.3) is 0 Å². The molecule has 0 aliphatic carbocycles. The zero-order valence-electron chi connectivity index (χ0n) is 30.0. The van der Waals surface area contributed by atoms with Gasteiger partial charge in [-0.3, -0.25) is 9.79 Å². The summed E-state index contributed by atoms with van der Waals surface area (Å²) in [4.78, 5) is 16.5. The van der Waals surface area contributed by atoms with Gasteiger partial charge in [0, 0.05) is 18.7 Å². The maximum Gasteiger partial charge on any atom is 0.306 e. The Morgan fingerprint density at radius 2 is 0.886 bits per heavy atom. The molecule has 0 bridgehead atoms. The topological polar surface area (TPSA) is 64.7 Å². The summed E-state index contributed by atoms with van der Waals surface area (Å²) in [6.07, 6.45) is 40.6. The molecule has 0 spiro atoms. The number of thioether (sulfide) groups is 1. The molecule has 0 rings (SSSR count). The summed E-state index contributed by atoms with van der Waals surface area (Å²) < 4.78 is 5.42. The first-order valence-electron chi connectivity index (χ1n) is 19.7. The van der Waals surface area contributed by atoms with E-state index in [0.29, 0.717) is 13.0 Å². The van der Waals surface area contributed by atoms with Gasteiger partial charge < -0.3 is 10.5 Å². The van der Waals surface area contributed by atoms with Crippen molar-refractivity contribution in [2.45, 2.75) is 213 Å². The second-order valence-corrected chi connectivity index (χ2v) is 14.5. The predicted molar refractivity (Wildman–Crippen MR) is 199 cm³/mol. The average Bonchev–Trinajstić information content (AvgIpc) is 3.02. The summed E-state index contributed by atoms with van der Waals surface area (Å²) in [6.45, 7) is 6.04. The predicted octanol–water partition coefficient (Wildman–Crippen LogP) is 12.8. The van der Waals surface area contributed by atoms with E-state index in [1.807, 2.05) is 11.8 Å². The summed E-state index contributed by atoms with van der Waals surface area (Å²) in [7, 11) is 0. The average molecular weight is 639 g/mol. The monoisotopic (exact) mass is 639 g/mol. The number of amidine groups is 1. The Labute approximate surface area is 280 Å². The maximum atomic E-state index is 12.0. The molecular weight excluding hydrogens is 561 g/mol. The zero-order valence-corrected chi connectivity index (χ0v) is 30.8. The molecule has 262 valence electrons. The lowest BCUT2D eigenvalue weighted by atomic mass is 10.0. The lowest BCUT2D eigenvalue weighted by Crippen LogP contribution is -2.12. The second-order valence-electron chi connectivity index (χ2n) is 13.3. The first kappa shape index (κ1) is 43.3. The number of nitrogens with zero attached hydrogens (tertiary/aromatic N) is 1. The van der Waals surface area contributed by atoms with E-state index in [-0.39, 0.29) is 5.97 Å². The van der Waals surface area contributed by atoms with Crippen molar-refractivity contribution >= 4 is 23.6 Å². The van der Waals surface area contributed by atoms with Gasteiger partial charge in [0.1, 0.15) is 0 Å². The number of ether oxygens (including phenoxy) is 1. The van der Waals surface area contributed by atoms with Gasteiger partial charge in [-0.15, -0.1) is 0 Å². The standard InChI is InChI=1S/C39H78N2O2S/c1-3-5-7-9-11-13-15-17-19-21-23-25-27-29-34-41-38(40)32-31-36-44-37-33-39(42)43-35-30-28-26-24-22-20-18-16-14-12-10-8-6-4-2/h3-37H2,1-2H3,(H2,40,41). The van der Waals surface area contributed by atoms with E-state index in [4.69, 9.17) is 10.5 Å². The molecule has 0 saturated heterocycles. The van der Waals surface area contributed by atoms with Crippen LogP contribution in [0.15, 0.2) is 4.99 Å². The Morgan fingerprint density at radius 3 is 1.32 bits per heavy atom. The maximum absolute atomic E-state index is 12.0. The molecule has 0 atom stereocenters. The van der Waals surface area contributed by atoms with Crippen molar-refractivity contribution in [2.24, 2.45) is 10.7 Å². The van der Waals surface area contributed by atoms with Gasteiger partial charge in [0.15, 0.2) is 0 Å². The molecule has 0 aliphatic rings. The Kier molecular flexibility index (Phi) is 37.9. The van der Waals surface area contributed by atoms with Crippen LogP contribution in [-0.2, 0) is 9.53 Å². The third-order valence-electron chi connectivity index (χ3n) is 8.76. The van der Waals surface area contributed by atoms with Crippen LogP contribution in [0.3, 0.4) is 0 Å². The Hall–Kier alpha value is -0.710.